The summed E-state index contributed by atoms with van der Waals surface area (Å²) in [7, 11) is -3.35. The van der Waals surface area contributed by atoms with E-state index in [0.717, 1.165) is 6.26 Å². The lowest BCUT2D eigenvalue weighted by Crippen LogP contribution is -2.18. The van der Waals surface area contributed by atoms with Crippen LogP contribution in [0.4, 0.5) is 5.69 Å². The van der Waals surface area contributed by atoms with Gasteiger partial charge >= 0.3 is 0 Å². The summed E-state index contributed by atoms with van der Waals surface area (Å²) in [5.41, 5.74) is 0.264. The van der Waals surface area contributed by atoms with Crippen molar-refractivity contribution in [1.29, 1.82) is 0 Å². The highest BCUT2D eigenvalue weighted by Gasteiger charge is 2.12. The molecule has 6 nitrogen and oxygen atoms in total. The molecule has 1 heterocycles. The van der Waals surface area contributed by atoms with E-state index in [1.54, 1.807) is 17.0 Å². The van der Waals surface area contributed by atoms with Crippen LogP contribution in [0, 0.1) is 0 Å². The number of aromatic nitrogens is 2. The maximum Gasteiger partial charge on any atom is 0.244 e. The highest BCUT2D eigenvalue weighted by molar-refractivity contribution is 7.90. The number of rotatable bonds is 4. The third kappa shape index (κ3) is 3.58. The molecule has 1 aromatic heterocycles. The van der Waals surface area contributed by atoms with Gasteiger partial charge in [-0.25, -0.2) is 13.4 Å². The number of sulfone groups is 1. The predicted octanol–water partition coefficient (Wildman–Crippen LogP) is 1.58. The molecule has 0 saturated carbocycles. The van der Waals surface area contributed by atoms with Crippen LogP contribution in [0.25, 0.3) is 0 Å². The lowest BCUT2D eigenvalue weighted by Gasteiger charge is -2.09. The van der Waals surface area contributed by atoms with Gasteiger partial charge in [0.1, 0.15) is 6.54 Å². The van der Waals surface area contributed by atoms with E-state index in [1.807, 2.05) is 0 Å². The van der Waals surface area contributed by atoms with E-state index in [9.17, 15) is 13.2 Å². The topological polar surface area (TPSA) is 81.1 Å². The molecular formula is C12H12ClN3O3S. The van der Waals surface area contributed by atoms with Crippen molar-refractivity contribution in [2.24, 2.45) is 0 Å². The summed E-state index contributed by atoms with van der Waals surface area (Å²) in [5, 5.41) is 2.85. The second-order valence-electron chi connectivity index (χ2n) is 4.20. The normalized spacial score (nSPS) is 11.3. The van der Waals surface area contributed by atoms with Crippen molar-refractivity contribution in [3.8, 4) is 0 Å². The fraction of sp³-hybridized carbons (Fsp3) is 0.167. The van der Waals surface area contributed by atoms with E-state index in [0.29, 0.717) is 0 Å². The van der Waals surface area contributed by atoms with Crippen LogP contribution in [0.3, 0.4) is 0 Å². The van der Waals surface area contributed by atoms with E-state index in [2.05, 4.69) is 10.3 Å². The number of carbonyl (C=O) groups is 1. The summed E-state index contributed by atoms with van der Waals surface area (Å²) >= 11 is 5.94. The Labute approximate surface area is 121 Å². The first-order valence-corrected chi connectivity index (χ1v) is 7.88. The third-order valence-corrected chi connectivity index (χ3v) is 3.97. The van der Waals surface area contributed by atoms with E-state index < -0.39 is 9.84 Å². The van der Waals surface area contributed by atoms with E-state index >= 15 is 0 Å². The van der Waals surface area contributed by atoms with Crippen molar-refractivity contribution in [1.82, 2.24) is 9.55 Å². The Hall–Kier alpha value is -1.86. The van der Waals surface area contributed by atoms with Gasteiger partial charge in [0.15, 0.2) is 9.84 Å². The fourth-order valence-corrected chi connectivity index (χ4v) is 2.38. The molecule has 1 amide bonds. The van der Waals surface area contributed by atoms with Gasteiger partial charge in [0.2, 0.25) is 5.91 Å². The number of imidazole rings is 1. The highest BCUT2D eigenvalue weighted by Crippen LogP contribution is 2.25. The summed E-state index contributed by atoms with van der Waals surface area (Å²) in [6.45, 7) is 0.0689. The number of benzene rings is 1. The number of hydrogen-bond donors (Lipinski definition) is 1. The van der Waals surface area contributed by atoms with Crippen molar-refractivity contribution < 1.29 is 13.2 Å². The second-order valence-corrected chi connectivity index (χ2v) is 6.62. The number of nitrogens with one attached hydrogen (secondary N) is 1. The lowest BCUT2D eigenvalue weighted by molar-refractivity contribution is -0.116. The Morgan fingerprint density at radius 2 is 2.20 bits per heavy atom. The first-order valence-electron chi connectivity index (χ1n) is 5.61. The summed E-state index contributed by atoms with van der Waals surface area (Å²) < 4.78 is 24.5. The molecule has 2 rings (SSSR count). The van der Waals surface area contributed by atoms with Gasteiger partial charge in [-0.1, -0.05) is 11.6 Å². The minimum atomic E-state index is -3.35. The van der Waals surface area contributed by atoms with Crippen LogP contribution >= 0.6 is 11.6 Å². The minimum absolute atomic E-state index is 0.0689. The molecule has 1 N–H and O–H groups in total. The summed E-state index contributed by atoms with van der Waals surface area (Å²) in [6, 6.07) is 4.16. The molecule has 0 spiro atoms. The molecule has 0 atom stereocenters. The Balaban J connectivity index is 2.18. The predicted molar refractivity (Wildman–Crippen MR) is 75.4 cm³/mol. The molecule has 2 aromatic rings. The van der Waals surface area contributed by atoms with Gasteiger partial charge < -0.3 is 9.88 Å². The smallest absolute Gasteiger partial charge is 0.244 e. The summed E-state index contributed by atoms with van der Waals surface area (Å²) in [6.07, 6.45) is 5.81. The molecule has 8 heteroatoms. The zero-order chi connectivity index (χ0) is 14.8. The van der Waals surface area contributed by atoms with Gasteiger partial charge in [-0.2, -0.15) is 0 Å². The highest BCUT2D eigenvalue weighted by atomic mass is 35.5. The van der Waals surface area contributed by atoms with E-state index in [-0.39, 0.29) is 28.1 Å². The molecule has 0 bridgehead atoms. The zero-order valence-electron chi connectivity index (χ0n) is 10.6. The molecule has 1 aromatic carbocycles. The molecule has 0 aliphatic heterocycles. The number of amides is 1. The number of nitrogens with zero attached hydrogens (tertiary/aromatic N) is 2. The van der Waals surface area contributed by atoms with Crippen molar-refractivity contribution in [3.05, 3.63) is 41.9 Å². The van der Waals surface area contributed by atoms with Crippen molar-refractivity contribution >= 4 is 33.0 Å². The first-order chi connectivity index (χ1) is 9.36. The lowest BCUT2D eigenvalue weighted by atomic mass is 10.3. The number of hydrogen-bond acceptors (Lipinski definition) is 4. The van der Waals surface area contributed by atoms with Crippen LogP contribution in [0.15, 0.2) is 41.8 Å². The average molecular weight is 314 g/mol. The Kier molecular flexibility index (Phi) is 4.10. The van der Waals surface area contributed by atoms with Gasteiger partial charge in [-0.3, -0.25) is 4.79 Å². The Bertz CT molecular complexity index is 726. The zero-order valence-corrected chi connectivity index (χ0v) is 12.1. The number of halogens is 1. The quantitative estimate of drug-likeness (QED) is 0.929. The van der Waals surface area contributed by atoms with E-state index in [1.165, 1.54) is 24.5 Å². The third-order valence-electron chi connectivity index (χ3n) is 2.53. The summed E-state index contributed by atoms with van der Waals surface area (Å²) in [5.74, 6) is -0.324. The maximum atomic E-state index is 11.8. The number of anilines is 1. The van der Waals surface area contributed by atoms with Gasteiger partial charge in [0, 0.05) is 18.6 Å². The van der Waals surface area contributed by atoms with Gasteiger partial charge in [0.05, 0.1) is 21.9 Å². The van der Waals surface area contributed by atoms with Gasteiger partial charge in [0.25, 0.3) is 0 Å². The number of carbonyl (C=O) groups excluding carboxylic acids is 1. The molecular weight excluding hydrogens is 302 g/mol. The first kappa shape index (κ1) is 14.5. The molecule has 20 heavy (non-hydrogen) atoms. The van der Waals surface area contributed by atoms with Gasteiger partial charge in [-0.05, 0) is 18.2 Å². The fourth-order valence-electron chi connectivity index (χ4n) is 1.57. The van der Waals surface area contributed by atoms with Crippen LogP contribution in [-0.4, -0.2) is 30.1 Å². The summed E-state index contributed by atoms with van der Waals surface area (Å²) in [4.78, 5) is 15.7. The van der Waals surface area contributed by atoms with Crippen LogP contribution in [-0.2, 0) is 21.2 Å². The second kappa shape index (κ2) is 5.64. The van der Waals surface area contributed by atoms with Crippen molar-refractivity contribution in [2.45, 2.75) is 11.4 Å². The molecule has 0 radical (unpaired) electrons. The monoisotopic (exact) mass is 313 g/mol. The molecule has 0 unspecified atom stereocenters. The average Bonchev–Trinajstić information content (AvgIpc) is 2.83. The van der Waals surface area contributed by atoms with Crippen LogP contribution < -0.4 is 5.32 Å². The largest absolute Gasteiger partial charge is 0.328 e. The maximum absolute atomic E-state index is 11.8. The molecule has 0 aliphatic carbocycles. The van der Waals surface area contributed by atoms with Crippen molar-refractivity contribution in [3.63, 3.8) is 0 Å². The van der Waals surface area contributed by atoms with Gasteiger partial charge in [-0.15, -0.1) is 0 Å². The van der Waals surface area contributed by atoms with Crippen LogP contribution in [0.5, 0.6) is 0 Å². The standard InChI is InChI=1S/C12H12ClN3O3S/c1-20(18,19)9-2-3-10(13)11(6-9)15-12(17)7-16-5-4-14-8-16/h2-6,8H,7H2,1H3,(H,15,17). The molecule has 0 aliphatic rings. The molecule has 0 saturated heterocycles. The van der Waals surface area contributed by atoms with Crippen LogP contribution in [0.1, 0.15) is 0 Å². The SMILES string of the molecule is CS(=O)(=O)c1ccc(Cl)c(NC(=O)Cn2ccnc2)c1. The van der Waals surface area contributed by atoms with Crippen molar-refractivity contribution in [2.75, 3.05) is 11.6 Å². The molecule has 0 fully saturated rings. The Morgan fingerprint density at radius 1 is 1.45 bits per heavy atom. The van der Waals surface area contributed by atoms with Crippen LogP contribution in [0.2, 0.25) is 5.02 Å². The van der Waals surface area contributed by atoms with E-state index in [4.69, 9.17) is 11.6 Å². The molecule has 106 valence electrons. The minimum Gasteiger partial charge on any atom is -0.328 e. The Morgan fingerprint density at radius 3 is 2.80 bits per heavy atom.